The zero-order chi connectivity index (χ0) is 12.4. The quantitative estimate of drug-likeness (QED) is 0.836. The van der Waals surface area contributed by atoms with Crippen LogP contribution < -0.4 is 0 Å². The molecule has 17 heavy (non-hydrogen) atoms. The van der Waals surface area contributed by atoms with Crippen LogP contribution in [0.5, 0.6) is 0 Å². The molecule has 1 fully saturated rings. The molecule has 0 bridgehead atoms. The van der Waals surface area contributed by atoms with Crippen LogP contribution in [0.3, 0.4) is 0 Å². The molecule has 1 N–H and O–H groups in total. The number of aliphatic carboxylic acids is 1. The van der Waals surface area contributed by atoms with E-state index < -0.39 is 5.97 Å². The largest absolute Gasteiger partial charge is 0.481 e. The highest BCUT2D eigenvalue weighted by Gasteiger charge is 2.35. The monoisotopic (exact) mass is 239 g/mol. The van der Waals surface area contributed by atoms with Crippen LogP contribution in [0.1, 0.15) is 25.6 Å². The molecule has 0 amide bonds. The lowest BCUT2D eigenvalue weighted by molar-refractivity contribution is -0.142. The van der Waals surface area contributed by atoms with E-state index in [-0.39, 0.29) is 11.8 Å². The van der Waals surface area contributed by atoms with Crippen molar-refractivity contribution in [2.24, 2.45) is 11.8 Å². The maximum Gasteiger partial charge on any atom is 0.308 e. The molecule has 1 aliphatic rings. The van der Waals surface area contributed by atoms with Crippen molar-refractivity contribution in [1.29, 1.82) is 0 Å². The number of hydrogen-bond acceptors (Lipinski definition) is 5. The number of likely N-dealkylation sites (tertiary alicyclic amines) is 1. The molecule has 1 saturated heterocycles. The van der Waals surface area contributed by atoms with Gasteiger partial charge in [-0.25, -0.2) is 0 Å². The molecule has 2 rings (SSSR count). The third-order valence-electron chi connectivity index (χ3n) is 3.18. The van der Waals surface area contributed by atoms with Crippen molar-refractivity contribution >= 4 is 5.97 Å². The minimum Gasteiger partial charge on any atom is -0.481 e. The van der Waals surface area contributed by atoms with Crippen LogP contribution in [0.2, 0.25) is 0 Å². The molecule has 1 aromatic rings. The van der Waals surface area contributed by atoms with Gasteiger partial charge in [-0.3, -0.25) is 9.69 Å². The fourth-order valence-electron chi connectivity index (χ4n) is 2.22. The maximum absolute atomic E-state index is 11.0. The summed E-state index contributed by atoms with van der Waals surface area (Å²) in [7, 11) is 0. The van der Waals surface area contributed by atoms with Crippen LogP contribution in [0.4, 0.5) is 0 Å². The first-order valence-corrected chi connectivity index (χ1v) is 5.86. The molecule has 6 heteroatoms. The van der Waals surface area contributed by atoms with Gasteiger partial charge >= 0.3 is 5.97 Å². The molecular weight excluding hydrogens is 222 g/mol. The van der Waals surface area contributed by atoms with Crippen molar-refractivity contribution in [3.8, 4) is 0 Å². The highest BCUT2D eigenvalue weighted by Crippen LogP contribution is 2.24. The van der Waals surface area contributed by atoms with E-state index in [9.17, 15) is 4.79 Å². The van der Waals surface area contributed by atoms with E-state index in [4.69, 9.17) is 9.63 Å². The number of hydrogen-bond donors (Lipinski definition) is 1. The summed E-state index contributed by atoms with van der Waals surface area (Å²) in [5.74, 6) is 0.432. The maximum atomic E-state index is 11.0. The van der Waals surface area contributed by atoms with Crippen LogP contribution in [0.15, 0.2) is 4.52 Å². The smallest absolute Gasteiger partial charge is 0.308 e. The molecule has 1 aliphatic heterocycles. The Hall–Kier alpha value is -1.43. The van der Waals surface area contributed by atoms with Crippen LogP contribution >= 0.6 is 0 Å². The van der Waals surface area contributed by atoms with Gasteiger partial charge in [-0.2, -0.15) is 4.98 Å². The summed E-state index contributed by atoms with van der Waals surface area (Å²) in [5, 5.41) is 12.9. The Morgan fingerprint density at radius 1 is 1.59 bits per heavy atom. The fourth-order valence-corrected chi connectivity index (χ4v) is 2.22. The molecule has 2 heterocycles. The van der Waals surface area contributed by atoms with Gasteiger partial charge < -0.3 is 9.63 Å². The Morgan fingerprint density at radius 3 is 2.88 bits per heavy atom. The van der Waals surface area contributed by atoms with Gasteiger partial charge in [0.15, 0.2) is 5.82 Å². The predicted molar refractivity (Wildman–Crippen MR) is 59.2 cm³/mol. The van der Waals surface area contributed by atoms with E-state index in [1.54, 1.807) is 0 Å². The molecule has 0 radical (unpaired) electrons. The second-order valence-corrected chi connectivity index (χ2v) is 4.57. The highest BCUT2D eigenvalue weighted by atomic mass is 16.5. The van der Waals surface area contributed by atoms with Crippen LogP contribution in [0, 0.1) is 11.8 Å². The molecule has 94 valence electrons. The van der Waals surface area contributed by atoms with E-state index in [1.165, 1.54) is 0 Å². The lowest BCUT2D eigenvalue weighted by Crippen LogP contribution is -2.23. The van der Waals surface area contributed by atoms with Crippen molar-refractivity contribution in [2.45, 2.75) is 26.8 Å². The first-order chi connectivity index (χ1) is 8.10. The van der Waals surface area contributed by atoms with Gasteiger partial charge in [0.2, 0.25) is 5.89 Å². The molecule has 2 unspecified atom stereocenters. The summed E-state index contributed by atoms with van der Waals surface area (Å²) in [6, 6.07) is 0. The van der Waals surface area contributed by atoms with E-state index in [1.807, 2.05) is 13.8 Å². The van der Waals surface area contributed by atoms with Gasteiger partial charge in [-0.05, 0) is 5.92 Å². The molecule has 0 saturated carbocycles. The summed E-state index contributed by atoms with van der Waals surface area (Å²) in [6.45, 7) is 5.82. The standard InChI is InChI=1S/C11H17N3O3/c1-3-10-12-9(13-17-10)6-14-4-7(2)8(5-14)11(15)16/h7-8H,3-6H2,1-2H3,(H,15,16). The average molecular weight is 239 g/mol. The van der Waals surface area contributed by atoms with E-state index in [0.29, 0.717) is 24.8 Å². The van der Waals surface area contributed by atoms with E-state index in [2.05, 4.69) is 15.0 Å². The summed E-state index contributed by atoms with van der Waals surface area (Å²) in [6.07, 6.45) is 0.723. The fraction of sp³-hybridized carbons (Fsp3) is 0.727. The van der Waals surface area contributed by atoms with Gasteiger partial charge in [0, 0.05) is 19.5 Å². The first-order valence-electron chi connectivity index (χ1n) is 5.86. The minimum atomic E-state index is -0.720. The van der Waals surface area contributed by atoms with Gasteiger partial charge in [0.05, 0.1) is 12.5 Å². The summed E-state index contributed by atoms with van der Waals surface area (Å²) < 4.78 is 5.02. The number of nitrogens with zero attached hydrogens (tertiary/aromatic N) is 3. The Kier molecular flexibility index (Phi) is 3.42. The lowest BCUT2D eigenvalue weighted by Gasteiger charge is -2.11. The van der Waals surface area contributed by atoms with Crippen LogP contribution in [-0.4, -0.2) is 39.2 Å². The summed E-state index contributed by atoms with van der Waals surface area (Å²) in [5.41, 5.74) is 0. The molecule has 6 nitrogen and oxygen atoms in total. The zero-order valence-corrected chi connectivity index (χ0v) is 10.1. The zero-order valence-electron chi connectivity index (χ0n) is 10.1. The third kappa shape index (κ3) is 2.63. The molecule has 0 aromatic carbocycles. The van der Waals surface area contributed by atoms with E-state index >= 15 is 0 Å². The van der Waals surface area contributed by atoms with Crippen molar-refractivity contribution in [3.63, 3.8) is 0 Å². The Labute approximate surface area is 99.6 Å². The number of rotatable bonds is 4. The molecule has 1 aromatic heterocycles. The number of aromatic nitrogens is 2. The van der Waals surface area contributed by atoms with Crippen molar-refractivity contribution in [1.82, 2.24) is 15.0 Å². The first kappa shape index (κ1) is 12.0. The van der Waals surface area contributed by atoms with Gasteiger partial charge in [-0.15, -0.1) is 0 Å². The normalized spacial score (nSPS) is 25.3. The topological polar surface area (TPSA) is 79.5 Å². The number of carboxylic acid groups (broad SMARTS) is 1. The second kappa shape index (κ2) is 4.83. The van der Waals surface area contributed by atoms with Crippen molar-refractivity contribution in [2.75, 3.05) is 13.1 Å². The average Bonchev–Trinajstić information content (AvgIpc) is 2.85. The number of aryl methyl sites for hydroxylation is 1. The number of carbonyl (C=O) groups is 1. The molecule has 2 atom stereocenters. The SMILES string of the molecule is CCc1nc(CN2CC(C)C(C(=O)O)C2)no1. The lowest BCUT2D eigenvalue weighted by atomic mass is 9.99. The second-order valence-electron chi connectivity index (χ2n) is 4.57. The van der Waals surface area contributed by atoms with Crippen LogP contribution in [-0.2, 0) is 17.8 Å². The van der Waals surface area contributed by atoms with Crippen LogP contribution in [0.25, 0.3) is 0 Å². The summed E-state index contributed by atoms with van der Waals surface area (Å²) in [4.78, 5) is 17.3. The molecule has 0 spiro atoms. The highest BCUT2D eigenvalue weighted by molar-refractivity contribution is 5.71. The Morgan fingerprint density at radius 2 is 2.35 bits per heavy atom. The Bertz CT molecular complexity index is 404. The van der Waals surface area contributed by atoms with E-state index in [0.717, 1.165) is 13.0 Å². The minimum absolute atomic E-state index is 0.171. The van der Waals surface area contributed by atoms with Crippen molar-refractivity contribution in [3.05, 3.63) is 11.7 Å². The van der Waals surface area contributed by atoms with Gasteiger partial charge in [0.25, 0.3) is 0 Å². The molecule has 0 aliphatic carbocycles. The third-order valence-corrected chi connectivity index (χ3v) is 3.18. The van der Waals surface area contributed by atoms with Gasteiger partial charge in [0.1, 0.15) is 0 Å². The number of carboxylic acids is 1. The van der Waals surface area contributed by atoms with Crippen molar-refractivity contribution < 1.29 is 14.4 Å². The van der Waals surface area contributed by atoms with Gasteiger partial charge in [-0.1, -0.05) is 19.0 Å². The predicted octanol–water partition coefficient (Wildman–Crippen LogP) is 0.784. The molecular formula is C11H17N3O3. The summed E-state index contributed by atoms with van der Waals surface area (Å²) >= 11 is 0. The Balaban J connectivity index is 1.95.